The lowest BCUT2D eigenvalue weighted by molar-refractivity contribution is 0.0973. The molecular weight excluding hydrogens is 262 g/mol. The van der Waals surface area contributed by atoms with Gasteiger partial charge in [-0.2, -0.15) is 0 Å². The van der Waals surface area contributed by atoms with Crippen molar-refractivity contribution < 1.29 is 18.3 Å². The smallest absolute Gasteiger partial charge is 0.163 e. The first kappa shape index (κ1) is 14.2. The van der Waals surface area contributed by atoms with Crippen molar-refractivity contribution in [3.63, 3.8) is 0 Å². The summed E-state index contributed by atoms with van der Waals surface area (Å²) in [5.41, 5.74) is 0.494. The predicted molar refractivity (Wildman–Crippen MR) is 71.9 cm³/mol. The first-order valence-electron chi connectivity index (χ1n) is 6.32. The molecule has 104 valence electrons. The summed E-state index contributed by atoms with van der Waals surface area (Å²) < 4.78 is 30.8. The van der Waals surface area contributed by atoms with Gasteiger partial charge < -0.3 is 4.74 Å². The molecule has 2 aromatic carbocycles. The van der Waals surface area contributed by atoms with Crippen LogP contribution >= 0.6 is 0 Å². The third-order valence-corrected chi connectivity index (χ3v) is 2.80. The highest BCUT2D eigenvalue weighted by atomic mass is 19.1. The van der Waals surface area contributed by atoms with Crippen LogP contribution in [-0.4, -0.2) is 12.4 Å². The van der Waals surface area contributed by atoms with E-state index in [1.807, 2.05) is 0 Å². The molecule has 0 radical (unpaired) electrons. The number of Topliss-reactive ketones (excluding diaryl/α,β-unsaturated/α-hetero) is 1. The highest BCUT2D eigenvalue weighted by Crippen LogP contribution is 2.12. The number of hydrogen-bond acceptors (Lipinski definition) is 2. The van der Waals surface area contributed by atoms with Gasteiger partial charge in [0, 0.05) is 12.0 Å². The molecule has 2 nitrogen and oxygen atoms in total. The third-order valence-electron chi connectivity index (χ3n) is 2.80. The van der Waals surface area contributed by atoms with E-state index >= 15 is 0 Å². The number of ketones is 1. The molecule has 0 heterocycles. The molecule has 4 heteroatoms. The topological polar surface area (TPSA) is 26.3 Å². The van der Waals surface area contributed by atoms with Crippen LogP contribution < -0.4 is 4.74 Å². The molecule has 0 spiro atoms. The lowest BCUT2D eigenvalue weighted by Crippen LogP contribution is -2.04. The van der Waals surface area contributed by atoms with Crippen LogP contribution in [0.1, 0.15) is 23.2 Å². The van der Waals surface area contributed by atoms with E-state index < -0.39 is 0 Å². The van der Waals surface area contributed by atoms with Gasteiger partial charge in [0.25, 0.3) is 0 Å². The largest absolute Gasteiger partial charge is 0.494 e. The van der Waals surface area contributed by atoms with Gasteiger partial charge in [0.1, 0.15) is 17.4 Å². The molecule has 0 N–H and O–H groups in total. The van der Waals surface area contributed by atoms with Gasteiger partial charge in [0.15, 0.2) is 5.78 Å². The number of carbonyl (C=O) groups is 1. The molecule has 2 aromatic rings. The minimum absolute atomic E-state index is 0.0484. The predicted octanol–water partition coefficient (Wildman–Crippen LogP) is 4.01. The molecule has 0 bridgehead atoms. The Balaban J connectivity index is 1.74. The summed E-state index contributed by atoms with van der Waals surface area (Å²) in [6.07, 6.45) is 0.875. The van der Waals surface area contributed by atoms with Crippen molar-refractivity contribution in [2.75, 3.05) is 6.61 Å². The Kier molecular flexibility index (Phi) is 4.82. The minimum Gasteiger partial charge on any atom is -0.494 e. The van der Waals surface area contributed by atoms with E-state index in [1.165, 1.54) is 48.5 Å². The van der Waals surface area contributed by atoms with Crippen molar-refractivity contribution in [1.29, 1.82) is 0 Å². The number of hydrogen-bond donors (Lipinski definition) is 0. The Morgan fingerprint density at radius 2 is 1.45 bits per heavy atom. The summed E-state index contributed by atoms with van der Waals surface area (Å²) in [4.78, 5) is 11.8. The van der Waals surface area contributed by atoms with Gasteiger partial charge in [-0.15, -0.1) is 0 Å². The molecule has 0 aliphatic heterocycles. The standard InChI is InChI=1S/C16H14F2O2/c17-13-5-3-12(4-6-13)16(19)2-1-11-20-15-9-7-14(18)8-10-15/h3-10H,1-2,11H2. The maximum atomic E-state index is 12.7. The molecule has 0 unspecified atom stereocenters. The van der Waals surface area contributed by atoms with Crippen molar-refractivity contribution in [3.05, 3.63) is 65.7 Å². The van der Waals surface area contributed by atoms with Gasteiger partial charge in [0.05, 0.1) is 6.61 Å². The fraction of sp³-hybridized carbons (Fsp3) is 0.188. The van der Waals surface area contributed by atoms with Crippen LogP contribution in [0.4, 0.5) is 8.78 Å². The van der Waals surface area contributed by atoms with E-state index in [1.54, 1.807) is 0 Å². The van der Waals surface area contributed by atoms with Crippen LogP contribution in [0.3, 0.4) is 0 Å². The van der Waals surface area contributed by atoms with E-state index in [-0.39, 0.29) is 17.4 Å². The summed E-state index contributed by atoms with van der Waals surface area (Å²) in [5.74, 6) is -0.154. The Labute approximate surface area is 116 Å². The van der Waals surface area contributed by atoms with Crippen LogP contribution in [-0.2, 0) is 0 Å². The van der Waals surface area contributed by atoms with E-state index in [0.717, 1.165) is 0 Å². The molecular formula is C16H14F2O2. The van der Waals surface area contributed by atoms with Crippen LogP contribution in [0.15, 0.2) is 48.5 Å². The second kappa shape index (κ2) is 6.80. The Bertz CT molecular complexity index is 562. The SMILES string of the molecule is O=C(CCCOc1ccc(F)cc1)c1ccc(F)cc1. The molecule has 0 aliphatic carbocycles. The molecule has 0 amide bonds. The summed E-state index contributed by atoms with van der Waals surface area (Å²) in [7, 11) is 0. The van der Waals surface area contributed by atoms with Crippen LogP contribution in [0.5, 0.6) is 5.75 Å². The summed E-state index contributed by atoms with van der Waals surface area (Å²) in [6.45, 7) is 0.374. The zero-order valence-electron chi connectivity index (χ0n) is 10.8. The number of ether oxygens (including phenoxy) is 1. The molecule has 0 saturated heterocycles. The first-order chi connectivity index (χ1) is 9.65. The number of benzene rings is 2. The van der Waals surface area contributed by atoms with E-state index in [0.29, 0.717) is 30.8 Å². The minimum atomic E-state index is -0.360. The quantitative estimate of drug-likeness (QED) is 0.588. The zero-order chi connectivity index (χ0) is 14.4. The highest BCUT2D eigenvalue weighted by molar-refractivity contribution is 5.95. The van der Waals surface area contributed by atoms with Crippen LogP contribution in [0.2, 0.25) is 0 Å². The Morgan fingerprint density at radius 3 is 2.05 bits per heavy atom. The second-order valence-electron chi connectivity index (χ2n) is 4.34. The highest BCUT2D eigenvalue weighted by Gasteiger charge is 2.05. The summed E-state index contributed by atoms with van der Waals surface area (Å²) >= 11 is 0. The maximum Gasteiger partial charge on any atom is 0.163 e. The lowest BCUT2D eigenvalue weighted by Gasteiger charge is -2.05. The van der Waals surface area contributed by atoms with Gasteiger partial charge in [-0.3, -0.25) is 4.79 Å². The molecule has 0 saturated carbocycles. The van der Waals surface area contributed by atoms with Crippen molar-refractivity contribution in [2.24, 2.45) is 0 Å². The molecule has 2 rings (SSSR count). The number of halogens is 2. The Morgan fingerprint density at radius 1 is 0.900 bits per heavy atom. The monoisotopic (exact) mass is 276 g/mol. The zero-order valence-corrected chi connectivity index (χ0v) is 10.8. The average molecular weight is 276 g/mol. The maximum absolute atomic E-state index is 12.7. The molecule has 20 heavy (non-hydrogen) atoms. The van der Waals surface area contributed by atoms with Crippen molar-refractivity contribution in [1.82, 2.24) is 0 Å². The summed E-state index contributed by atoms with van der Waals surface area (Å²) in [5, 5.41) is 0. The van der Waals surface area contributed by atoms with Crippen LogP contribution in [0, 0.1) is 11.6 Å². The summed E-state index contributed by atoms with van der Waals surface area (Å²) in [6, 6.07) is 11.2. The van der Waals surface area contributed by atoms with E-state index in [2.05, 4.69) is 0 Å². The number of rotatable bonds is 6. The van der Waals surface area contributed by atoms with Gasteiger partial charge in [0.2, 0.25) is 0 Å². The van der Waals surface area contributed by atoms with Gasteiger partial charge in [-0.25, -0.2) is 8.78 Å². The average Bonchev–Trinajstić information content (AvgIpc) is 2.46. The molecule has 0 atom stereocenters. The fourth-order valence-corrected chi connectivity index (χ4v) is 1.73. The van der Waals surface area contributed by atoms with Crippen molar-refractivity contribution in [3.8, 4) is 5.75 Å². The fourth-order valence-electron chi connectivity index (χ4n) is 1.73. The second-order valence-corrected chi connectivity index (χ2v) is 4.34. The van der Waals surface area contributed by atoms with Crippen molar-refractivity contribution in [2.45, 2.75) is 12.8 Å². The Hall–Kier alpha value is -2.23. The van der Waals surface area contributed by atoms with Gasteiger partial charge in [-0.05, 0) is 55.0 Å². The van der Waals surface area contributed by atoms with E-state index in [9.17, 15) is 13.6 Å². The normalized spacial score (nSPS) is 10.3. The van der Waals surface area contributed by atoms with E-state index in [4.69, 9.17) is 4.74 Å². The van der Waals surface area contributed by atoms with Crippen LogP contribution in [0.25, 0.3) is 0 Å². The molecule has 0 aliphatic rings. The van der Waals surface area contributed by atoms with Crippen molar-refractivity contribution >= 4 is 5.78 Å². The third kappa shape index (κ3) is 4.16. The number of carbonyl (C=O) groups excluding carboxylic acids is 1. The van der Waals surface area contributed by atoms with Gasteiger partial charge >= 0.3 is 0 Å². The first-order valence-corrected chi connectivity index (χ1v) is 6.32. The lowest BCUT2D eigenvalue weighted by atomic mass is 10.1. The van der Waals surface area contributed by atoms with Gasteiger partial charge in [-0.1, -0.05) is 0 Å². The molecule has 0 fully saturated rings. The molecule has 0 aromatic heterocycles.